The zero-order valence-electron chi connectivity index (χ0n) is 9.08. The minimum Gasteiger partial charge on any atom is -0.481 e. The predicted octanol–water partition coefficient (Wildman–Crippen LogP) is 1.69. The summed E-state index contributed by atoms with van der Waals surface area (Å²) in [6.07, 6.45) is 0.735. The molecule has 0 aliphatic rings. The Morgan fingerprint density at radius 2 is 1.92 bits per heavy atom. The van der Waals surface area contributed by atoms with Crippen LogP contribution in [0.2, 0.25) is 0 Å². The summed E-state index contributed by atoms with van der Waals surface area (Å²) in [5, 5.41) is 8.66. The molecule has 1 atom stereocenters. The molecule has 0 amide bonds. The summed E-state index contributed by atoms with van der Waals surface area (Å²) in [5.41, 5.74) is 0. The van der Waals surface area contributed by atoms with Crippen LogP contribution < -0.4 is 0 Å². The van der Waals surface area contributed by atoms with Crippen LogP contribution in [-0.4, -0.2) is 36.1 Å². The first kappa shape index (κ1) is 12.4. The Bertz CT molecular complexity index is 157. The van der Waals surface area contributed by atoms with Crippen molar-refractivity contribution in [2.45, 2.75) is 27.2 Å². The Balaban J connectivity index is 3.57. The minimum atomic E-state index is -0.696. The van der Waals surface area contributed by atoms with Crippen LogP contribution in [-0.2, 0) is 4.79 Å². The predicted molar refractivity (Wildman–Crippen MR) is 53.8 cm³/mol. The fourth-order valence-electron chi connectivity index (χ4n) is 1.25. The number of rotatable bonds is 6. The third-order valence-corrected chi connectivity index (χ3v) is 2.04. The number of carboxylic acid groups (broad SMARTS) is 1. The maximum Gasteiger partial charge on any atom is 0.306 e. The first-order valence-electron chi connectivity index (χ1n) is 4.84. The van der Waals surface area contributed by atoms with Crippen molar-refractivity contribution in [3.8, 4) is 0 Å². The third-order valence-electron chi connectivity index (χ3n) is 2.04. The lowest BCUT2D eigenvalue weighted by Gasteiger charge is -2.19. The lowest BCUT2D eigenvalue weighted by atomic mass is 10.1. The van der Waals surface area contributed by atoms with Crippen LogP contribution in [0, 0.1) is 11.8 Å². The number of hydrogen-bond donors (Lipinski definition) is 1. The molecule has 0 aliphatic carbocycles. The normalized spacial score (nSPS) is 13.7. The van der Waals surface area contributed by atoms with Crippen molar-refractivity contribution in [1.82, 2.24) is 4.90 Å². The van der Waals surface area contributed by atoms with Gasteiger partial charge in [0.25, 0.3) is 0 Å². The van der Waals surface area contributed by atoms with Gasteiger partial charge in [0.2, 0.25) is 0 Å². The Morgan fingerprint density at radius 3 is 2.31 bits per heavy atom. The van der Waals surface area contributed by atoms with Crippen LogP contribution in [0.1, 0.15) is 27.2 Å². The summed E-state index contributed by atoms with van der Waals surface area (Å²) >= 11 is 0. The largest absolute Gasteiger partial charge is 0.481 e. The number of hydrogen-bond acceptors (Lipinski definition) is 2. The maximum atomic E-state index is 10.5. The second-order valence-electron chi connectivity index (χ2n) is 4.18. The van der Waals surface area contributed by atoms with E-state index in [-0.39, 0.29) is 5.92 Å². The second-order valence-corrected chi connectivity index (χ2v) is 4.18. The molecule has 0 bridgehead atoms. The zero-order chi connectivity index (χ0) is 10.4. The molecule has 0 rings (SSSR count). The molecule has 13 heavy (non-hydrogen) atoms. The third kappa shape index (κ3) is 6.58. The summed E-state index contributed by atoms with van der Waals surface area (Å²) in [4.78, 5) is 12.7. The summed E-state index contributed by atoms with van der Waals surface area (Å²) in [6, 6.07) is 0. The molecule has 0 radical (unpaired) electrons. The molecular weight excluding hydrogens is 166 g/mol. The van der Waals surface area contributed by atoms with Gasteiger partial charge in [0.05, 0.1) is 5.92 Å². The van der Waals surface area contributed by atoms with E-state index in [0.29, 0.717) is 5.92 Å². The van der Waals surface area contributed by atoms with E-state index in [9.17, 15) is 4.79 Å². The highest BCUT2D eigenvalue weighted by atomic mass is 16.4. The molecule has 1 unspecified atom stereocenters. The Kier molecular flexibility index (Phi) is 5.71. The van der Waals surface area contributed by atoms with Crippen molar-refractivity contribution in [2.24, 2.45) is 11.8 Å². The van der Waals surface area contributed by atoms with Gasteiger partial charge in [0, 0.05) is 6.54 Å². The lowest BCUT2D eigenvalue weighted by molar-refractivity contribution is -0.141. The van der Waals surface area contributed by atoms with E-state index < -0.39 is 5.97 Å². The summed E-state index contributed by atoms with van der Waals surface area (Å²) in [5.74, 6) is -0.280. The van der Waals surface area contributed by atoms with Gasteiger partial charge in [-0.2, -0.15) is 0 Å². The molecule has 0 aliphatic heterocycles. The maximum absolute atomic E-state index is 10.5. The highest BCUT2D eigenvalue weighted by molar-refractivity contribution is 5.69. The molecule has 0 spiro atoms. The van der Waals surface area contributed by atoms with E-state index in [1.54, 1.807) is 6.92 Å². The Labute approximate surface area is 80.7 Å². The van der Waals surface area contributed by atoms with Gasteiger partial charge in [-0.3, -0.25) is 4.79 Å². The molecule has 0 aromatic rings. The number of carbonyl (C=O) groups is 1. The van der Waals surface area contributed by atoms with E-state index in [0.717, 1.165) is 19.5 Å². The number of nitrogens with zero attached hydrogens (tertiary/aromatic N) is 1. The van der Waals surface area contributed by atoms with Crippen LogP contribution in [0.3, 0.4) is 0 Å². The van der Waals surface area contributed by atoms with Gasteiger partial charge in [-0.05, 0) is 25.9 Å². The molecule has 78 valence electrons. The highest BCUT2D eigenvalue weighted by Gasteiger charge is 2.11. The van der Waals surface area contributed by atoms with Crippen molar-refractivity contribution in [2.75, 3.05) is 20.1 Å². The average Bonchev–Trinajstić information content (AvgIpc) is 1.98. The highest BCUT2D eigenvalue weighted by Crippen LogP contribution is 2.04. The molecule has 0 saturated carbocycles. The van der Waals surface area contributed by atoms with E-state index in [4.69, 9.17) is 5.11 Å². The van der Waals surface area contributed by atoms with Crippen LogP contribution in [0.25, 0.3) is 0 Å². The monoisotopic (exact) mass is 187 g/mol. The van der Waals surface area contributed by atoms with E-state index in [1.807, 2.05) is 7.05 Å². The average molecular weight is 187 g/mol. The van der Waals surface area contributed by atoms with Crippen molar-refractivity contribution >= 4 is 5.97 Å². The SMILES string of the molecule is CC(C)CN(C)CCC(C)C(=O)O. The molecule has 3 heteroatoms. The van der Waals surface area contributed by atoms with E-state index >= 15 is 0 Å². The topological polar surface area (TPSA) is 40.5 Å². The molecule has 0 fully saturated rings. The van der Waals surface area contributed by atoms with Crippen molar-refractivity contribution in [3.63, 3.8) is 0 Å². The molecule has 0 aromatic heterocycles. The van der Waals surface area contributed by atoms with Gasteiger partial charge >= 0.3 is 5.97 Å². The van der Waals surface area contributed by atoms with E-state index in [1.165, 1.54) is 0 Å². The summed E-state index contributed by atoms with van der Waals surface area (Å²) < 4.78 is 0. The molecule has 3 nitrogen and oxygen atoms in total. The zero-order valence-corrected chi connectivity index (χ0v) is 9.08. The molecule has 0 aromatic carbocycles. The number of carboxylic acids is 1. The molecule has 0 saturated heterocycles. The van der Waals surface area contributed by atoms with Gasteiger partial charge in [0.15, 0.2) is 0 Å². The lowest BCUT2D eigenvalue weighted by Crippen LogP contribution is -2.26. The standard InChI is InChI=1S/C10H21NO2/c1-8(2)7-11(4)6-5-9(3)10(12)13/h8-9H,5-7H2,1-4H3,(H,12,13). The van der Waals surface area contributed by atoms with Crippen LogP contribution in [0.15, 0.2) is 0 Å². The van der Waals surface area contributed by atoms with Crippen molar-refractivity contribution in [1.29, 1.82) is 0 Å². The summed E-state index contributed by atoms with van der Waals surface area (Å²) in [6.45, 7) is 7.98. The minimum absolute atomic E-state index is 0.227. The molecule has 1 N–H and O–H groups in total. The second kappa shape index (κ2) is 5.97. The fourth-order valence-corrected chi connectivity index (χ4v) is 1.25. The number of aliphatic carboxylic acids is 1. The van der Waals surface area contributed by atoms with Crippen LogP contribution in [0.5, 0.6) is 0 Å². The van der Waals surface area contributed by atoms with Crippen molar-refractivity contribution in [3.05, 3.63) is 0 Å². The van der Waals surface area contributed by atoms with Gasteiger partial charge in [-0.25, -0.2) is 0 Å². The summed E-state index contributed by atoms with van der Waals surface area (Å²) in [7, 11) is 2.04. The van der Waals surface area contributed by atoms with Crippen molar-refractivity contribution < 1.29 is 9.90 Å². The first-order chi connectivity index (χ1) is 5.93. The fraction of sp³-hybridized carbons (Fsp3) is 0.900. The molecular formula is C10H21NO2. The quantitative estimate of drug-likeness (QED) is 0.688. The van der Waals surface area contributed by atoms with Gasteiger partial charge in [-0.15, -0.1) is 0 Å². The van der Waals surface area contributed by atoms with Gasteiger partial charge < -0.3 is 10.0 Å². The smallest absolute Gasteiger partial charge is 0.306 e. The van der Waals surface area contributed by atoms with E-state index in [2.05, 4.69) is 18.7 Å². The van der Waals surface area contributed by atoms with Gasteiger partial charge in [-0.1, -0.05) is 20.8 Å². The Morgan fingerprint density at radius 1 is 1.38 bits per heavy atom. The van der Waals surface area contributed by atoms with Crippen LogP contribution >= 0.6 is 0 Å². The Hall–Kier alpha value is -0.570. The van der Waals surface area contributed by atoms with Gasteiger partial charge in [0.1, 0.15) is 0 Å². The first-order valence-corrected chi connectivity index (χ1v) is 4.84. The molecule has 0 heterocycles. The van der Waals surface area contributed by atoms with Crippen LogP contribution in [0.4, 0.5) is 0 Å².